The van der Waals surface area contributed by atoms with Gasteiger partial charge in [-0.1, -0.05) is 18.2 Å². The lowest BCUT2D eigenvalue weighted by Crippen LogP contribution is -2.44. The van der Waals surface area contributed by atoms with Crippen LogP contribution in [0.25, 0.3) is 0 Å². The van der Waals surface area contributed by atoms with E-state index < -0.39 is 15.8 Å². The van der Waals surface area contributed by atoms with E-state index >= 15 is 0 Å². The second kappa shape index (κ2) is 8.84. The molecule has 0 aliphatic heterocycles. The molecule has 0 aromatic heterocycles. The fourth-order valence-electron chi connectivity index (χ4n) is 2.93. The number of carbonyl (C=O) groups is 2. The summed E-state index contributed by atoms with van der Waals surface area (Å²) in [5, 5.41) is 14.4. The Kier molecular flexibility index (Phi) is 6.81. The smallest absolute Gasteiger partial charge is 0.315 e. The molecule has 1 aliphatic rings. The Bertz CT molecular complexity index is 682. The Hall–Kier alpha value is -2.09. The molecule has 1 saturated carbocycles. The van der Waals surface area contributed by atoms with Crippen molar-refractivity contribution in [2.45, 2.75) is 43.0 Å². The fraction of sp³-hybridized carbons (Fsp3) is 0.529. The number of sulfone groups is 1. The lowest BCUT2D eigenvalue weighted by molar-refractivity contribution is -0.142. The molecular weight excluding hydrogens is 344 g/mol. The van der Waals surface area contributed by atoms with Gasteiger partial charge in [0.2, 0.25) is 0 Å². The van der Waals surface area contributed by atoms with Crippen molar-refractivity contribution < 1.29 is 23.1 Å². The largest absolute Gasteiger partial charge is 0.481 e. The van der Waals surface area contributed by atoms with Gasteiger partial charge in [0.15, 0.2) is 9.84 Å². The average Bonchev–Trinajstić information content (AvgIpc) is 2.60. The van der Waals surface area contributed by atoms with Gasteiger partial charge in [-0.25, -0.2) is 13.2 Å². The van der Waals surface area contributed by atoms with Crippen molar-refractivity contribution in [1.82, 2.24) is 10.6 Å². The molecule has 0 saturated heterocycles. The molecule has 0 radical (unpaired) electrons. The van der Waals surface area contributed by atoms with Gasteiger partial charge in [-0.05, 0) is 44.2 Å². The third-order valence-corrected chi connectivity index (χ3v) is 6.21. The van der Waals surface area contributed by atoms with Crippen molar-refractivity contribution in [2.24, 2.45) is 5.92 Å². The topological polar surface area (TPSA) is 113 Å². The van der Waals surface area contributed by atoms with E-state index in [1.54, 1.807) is 30.3 Å². The van der Waals surface area contributed by atoms with Crippen LogP contribution in [0.3, 0.4) is 0 Å². The molecule has 25 heavy (non-hydrogen) atoms. The van der Waals surface area contributed by atoms with E-state index in [2.05, 4.69) is 10.6 Å². The van der Waals surface area contributed by atoms with Gasteiger partial charge in [0.1, 0.15) is 0 Å². The van der Waals surface area contributed by atoms with Gasteiger partial charge >= 0.3 is 12.0 Å². The second-order valence-corrected chi connectivity index (χ2v) is 8.38. The summed E-state index contributed by atoms with van der Waals surface area (Å²) in [5.74, 6) is -1.12. The average molecular weight is 368 g/mol. The third kappa shape index (κ3) is 6.04. The molecule has 0 atom stereocenters. The highest BCUT2D eigenvalue weighted by atomic mass is 32.2. The van der Waals surface area contributed by atoms with E-state index in [0.29, 0.717) is 32.1 Å². The molecule has 1 aliphatic carbocycles. The summed E-state index contributed by atoms with van der Waals surface area (Å²) in [4.78, 5) is 23.0. The van der Waals surface area contributed by atoms with Crippen LogP contribution in [-0.2, 0) is 14.6 Å². The zero-order valence-corrected chi connectivity index (χ0v) is 14.8. The number of hydrogen-bond acceptors (Lipinski definition) is 4. The van der Waals surface area contributed by atoms with Crippen molar-refractivity contribution >= 4 is 21.8 Å². The molecule has 2 amide bonds. The lowest BCUT2D eigenvalue weighted by Gasteiger charge is -2.26. The van der Waals surface area contributed by atoms with Gasteiger partial charge in [0.05, 0.1) is 16.6 Å². The SMILES string of the molecule is O=C(NCCCS(=O)(=O)c1ccccc1)NC1CCC(C(=O)O)CC1. The molecular formula is C17H24N2O5S. The minimum Gasteiger partial charge on any atom is -0.481 e. The molecule has 0 spiro atoms. The highest BCUT2D eigenvalue weighted by Crippen LogP contribution is 2.24. The number of carboxylic acid groups (broad SMARTS) is 1. The highest BCUT2D eigenvalue weighted by Gasteiger charge is 2.26. The summed E-state index contributed by atoms with van der Waals surface area (Å²) >= 11 is 0. The first-order valence-corrected chi connectivity index (χ1v) is 10.1. The van der Waals surface area contributed by atoms with Crippen LogP contribution < -0.4 is 10.6 Å². The van der Waals surface area contributed by atoms with Crippen molar-refractivity contribution in [3.8, 4) is 0 Å². The number of aliphatic carboxylic acids is 1. The van der Waals surface area contributed by atoms with E-state index in [1.807, 2.05) is 0 Å². The first-order valence-electron chi connectivity index (χ1n) is 8.43. The summed E-state index contributed by atoms with van der Waals surface area (Å²) < 4.78 is 24.2. The summed E-state index contributed by atoms with van der Waals surface area (Å²) in [6.07, 6.45) is 2.75. The van der Waals surface area contributed by atoms with Gasteiger partial charge < -0.3 is 15.7 Å². The van der Waals surface area contributed by atoms with Crippen LogP contribution >= 0.6 is 0 Å². The molecule has 3 N–H and O–H groups in total. The maximum Gasteiger partial charge on any atom is 0.315 e. The Morgan fingerprint density at radius 3 is 2.32 bits per heavy atom. The molecule has 8 heteroatoms. The monoisotopic (exact) mass is 368 g/mol. The van der Waals surface area contributed by atoms with Crippen LogP contribution in [0.2, 0.25) is 0 Å². The number of urea groups is 1. The molecule has 1 aromatic carbocycles. The maximum atomic E-state index is 12.1. The second-order valence-electron chi connectivity index (χ2n) is 6.27. The van der Waals surface area contributed by atoms with Crippen LogP contribution in [-0.4, -0.2) is 43.9 Å². The zero-order chi connectivity index (χ0) is 18.3. The van der Waals surface area contributed by atoms with Gasteiger partial charge in [-0.2, -0.15) is 0 Å². The van der Waals surface area contributed by atoms with Crippen LogP contribution in [0.5, 0.6) is 0 Å². The molecule has 0 unspecified atom stereocenters. The number of nitrogens with one attached hydrogen (secondary N) is 2. The molecule has 0 heterocycles. The van der Waals surface area contributed by atoms with Crippen LogP contribution in [0, 0.1) is 5.92 Å². The summed E-state index contributed by atoms with van der Waals surface area (Å²) in [5.41, 5.74) is 0. The van der Waals surface area contributed by atoms with Crippen molar-refractivity contribution in [2.75, 3.05) is 12.3 Å². The van der Waals surface area contributed by atoms with Gasteiger partial charge in [0, 0.05) is 12.6 Å². The fourth-order valence-corrected chi connectivity index (χ4v) is 4.26. The third-order valence-electron chi connectivity index (χ3n) is 4.39. The number of carbonyl (C=O) groups excluding carboxylic acids is 1. The molecule has 2 rings (SSSR count). The normalized spacial score (nSPS) is 20.6. The minimum atomic E-state index is -3.33. The summed E-state index contributed by atoms with van der Waals surface area (Å²) in [7, 11) is -3.33. The van der Waals surface area contributed by atoms with Gasteiger partial charge in [-0.15, -0.1) is 0 Å². The number of carboxylic acids is 1. The quantitative estimate of drug-likeness (QED) is 0.635. The minimum absolute atomic E-state index is 0.0244. The van der Waals surface area contributed by atoms with E-state index in [9.17, 15) is 18.0 Å². The molecule has 1 fully saturated rings. The Morgan fingerprint density at radius 1 is 1.08 bits per heavy atom. The summed E-state index contributed by atoms with van der Waals surface area (Å²) in [6.45, 7) is 0.266. The van der Waals surface area contributed by atoms with Crippen LogP contribution in [0.15, 0.2) is 35.2 Å². The summed E-state index contributed by atoms with van der Waals surface area (Å²) in [6, 6.07) is 7.87. The van der Waals surface area contributed by atoms with Crippen LogP contribution in [0.4, 0.5) is 4.79 Å². The standard InChI is InChI=1S/C17H24N2O5S/c20-16(21)13-7-9-14(10-8-13)19-17(22)18-11-4-12-25(23,24)15-5-2-1-3-6-15/h1-3,5-6,13-14H,4,7-12H2,(H,20,21)(H2,18,19,22). The van der Waals surface area contributed by atoms with Crippen LogP contribution in [0.1, 0.15) is 32.1 Å². The molecule has 138 valence electrons. The molecule has 1 aromatic rings. The van der Waals surface area contributed by atoms with E-state index in [1.165, 1.54) is 0 Å². The lowest BCUT2D eigenvalue weighted by atomic mass is 9.86. The predicted molar refractivity (Wildman–Crippen MR) is 93.0 cm³/mol. The van der Waals surface area contributed by atoms with E-state index in [-0.39, 0.29) is 35.2 Å². The number of hydrogen-bond donors (Lipinski definition) is 3. The first-order chi connectivity index (χ1) is 11.9. The highest BCUT2D eigenvalue weighted by molar-refractivity contribution is 7.91. The Morgan fingerprint density at radius 2 is 1.72 bits per heavy atom. The number of rotatable bonds is 7. The Labute approximate surface area is 147 Å². The zero-order valence-electron chi connectivity index (χ0n) is 14.0. The molecule has 0 bridgehead atoms. The number of amides is 2. The number of benzene rings is 1. The van der Waals surface area contributed by atoms with Gasteiger partial charge in [-0.3, -0.25) is 4.79 Å². The first kappa shape index (κ1) is 19.2. The Balaban J connectivity index is 1.65. The van der Waals surface area contributed by atoms with E-state index in [0.717, 1.165) is 0 Å². The maximum absolute atomic E-state index is 12.1. The van der Waals surface area contributed by atoms with Gasteiger partial charge in [0.25, 0.3) is 0 Å². The predicted octanol–water partition coefficient (Wildman–Crippen LogP) is 1.79. The van der Waals surface area contributed by atoms with Crippen molar-refractivity contribution in [3.05, 3.63) is 30.3 Å². The van der Waals surface area contributed by atoms with Crippen molar-refractivity contribution in [1.29, 1.82) is 0 Å². The molecule has 7 nitrogen and oxygen atoms in total. The van der Waals surface area contributed by atoms with Crippen molar-refractivity contribution in [3.63, 3.8) is 0 Å². The van der Waals surface area contributed by atoms with E-state index in [4.69, 9.17) is 5.11 Å².